The highest BCUT2D eigenvalue weighted by molar-refractivity contribution is 5.57. The van der Waals surface area contributed by atoms with Crippen LogP contribution in [-0.4, -0.2) is 10.2 Å². The van der Waals surface area contributed by atoms with E-state index in [1.54, 1.807) is 0 Å². The summed E-state index contributed by atoms with van der Waals surface area (Å²) in [5.41, 5.74) is -0.356. The molecule has 126 valence electrons. The van der Waals surface area contributed by atoms with Crippen LogP contribution in [0.1, 0.15) is 36.1 Å². The Kier molecular flexibility index (Phi) is 3.40. The summed E-state index contributed by atoms with van der Waals surface area (Å²) < 4.78 is 0. The van der Waals surface area contributed by atoms with E-state index in [-0.39, 0.29) is 0 Å². The number of hydrogen-bond donors (Lipinski definition) is 2. The van der Waals surface area contributed by atoms with Crippen molar-refractivity contribution < 1.29 is 10.2 Å². The summed E-state index contributed by atoms with van der Waals surface area (Å²) in [7, 11) is 0. The lowest BCUT2D eigenvalue weighted by Gasteiger charge is -2.45. The molecular formula is C23H22O2. The lowest BCUT2D eigenvalue weighted by Crippen LogP contribution is -2.50. The van der Waals surface area contributed by atoms with Crippen molar-refractivity contribution in [3.63, 3.8) is 0 Å². The van der Waals surface area contributed by atoms with Crippen LogP contribution < -0.4 is 0 Å². The average Bonchev–Trinajstić information content (AvgIpc) is 2.81. The Bertz CT molecular complexity index is 827. The van der Waals surface area contributed by atoms with Crippen molar-refractivity contribution in [2.24, 2.45) is 5.41 Å². The fraction of sp³-hybridized carbons (Fsp3) is 0.217. The van der Waals surface area contributed by atoms with Gasteiger partial charge in [0.1, 0.15) is 11.2 Å². The maximum Gasteiger partial charge on any atom is 0.123 e. The fourth-order valence-electron chi connectivity index (χ4n) is 4.44. The minimum atomic E-state index is -1.30. The van der Waals surface area contributed by atoms with Gasteiger partial charge in [-0.15, -0.1) is 0 Å². The standard InChI is InChI=1S/C23H22O2/c1-21(2)22(24,17-11-5-3-6-12-17)19-15-9-10-16-20(19)23(21,25)18-13-7-4-8-14-18/h3-16,24-25H,1-2H3. The first-order valence-electron chi connectivity index (χ1n) is 8.60. The quantitative estimate of drug-likeness (QED) is 0.739. The van der Waals surface area contributed by atoms with Gasteiger partial charge in [0, 0.05) is 5.41 Å². The molecule has 0 fully saturated rings. The number of aliphatic hydroxyl groups is 2. The predicted octanol–water partition coefficient (Wildman–Crippen LogP) is 4.20. The molecule has 0 amide bonds. The zero-order valence-electron chi connectivity index (χ0n) is 14.5. The molecule has 0 saturated heterocycles. The molecule has 2 N–H and O–H groups in total. The molecule has 3 aromatic carbocycles. The van der Waals surface area contributed by atoms with Crippen LogP contribution in [0, 0.1) is 5.41 Å². The van der Waals surface area contributed by atoms with E-state index in [1.165, 1.54) is 0 Å². The molecule has 0 heterocycles. The van der Waals surface area contributed by atoms with Gasteiger partial charge in [0.2, 0.25) is 0 Å². The van der Waals surface area contributed by atoms with E-state index in [1.807, 2.05) is 98.8 Å². The van der Waals surface area contributed by atoms with Crippen LogP contribution in [0.4, 0.5) is 0 Å². The smallest absolute Gasteiger partial charge is 0.123 e. The van der Waals surface area contributed by atoms with Crippen molar-refractivity contribution in [1.29, 1.82) is 0 Å². The van der Waals surface area contributed by atoms with E-state index in [9.17, 15) is 10.2 Å². The maximum atomic E-state index is 12.0. The molecule has 4 rings (SSSR count). The first-order valence-corrected chi connectivity index (χ1v) is 8.60. The van der Waals surface area contributed by atoms with Gasteiger partial charge in [-0.2, -0.15) is 0 Å². The summed E-state index contributed by atoms with van der Waals surface area (Å²) in [5, 5.41) is 24.0. The van der Waals surface area contributed by atoms with Crippen LogP contribution >= 0.6 is 0 Å². The molecule has 0 spiro atoms. The zero-order valence-corrected chi connectivity index (χ0v) is 14.5. The molecule has 1 aliphatic carbocycles. The second-order valence-corrected chi connectivity index (χ2v) is 7.32. The lowest BCUT2D eigenvalue weighted by molar-refractivity contribution is -0.127. The van der Waals surface area contributed by atoms with E-state index in [0.717, 1.165) is 22.3 Å². The molecule has 2 atom stereocenters. The van der Waals surface area contributed by atoms with Crippen molar-refractivity contribution in [3.8, 4) is 0 Å². The Morgan fingerprint density at radius 3 is 1.20 bits per heavy atom. The number of fused-ring (bicyclic) bond motifs is 1. The summed E-state index contributed by atoms with van der Waals surface area (Å²) >= 11 is 0. The third-order valence-electron chi connectivity index (χ3n) is 5.90. The van der Waals surface area contributed by atoms with E-state index in [2.05, 4.69) is 0 Å². The van der Waals surface area contributed by atoms with E-state index < -0.39 is 16.6 Å². The molecule has 1 aliphatic rings. The van der Waals surface area contributed by atoms with E-state index >= 15 is 0 Å². The molecule has 0 bridgehead atoms. The number of hydrogen-bond acceptors (Lipinski definition) is 2. The summed E-state index contributed by atoms with van der Waals surface area (Å²) in [6.45, 7) is 3.88. The summed E-state index contributed by atoms with van der Waals surface area (Å²) in [6.07, 6.45) is 0. The average molecular weight is 330 g/mol. The second-order valence-electron chi connectivity index (χ2n) is 7.32. The van der Waals surface area contributed by atoms with Crippen LogP contribution in [0.25, 0.3) is 0 Å². The SMILES string of the molecule is CC1(C)C(O)(c2ccccc2)c2ccccc2C1(O)c1ccccc1. The van der Waals surface area contributed by atoms with Gasteiger partial charge in [-0.05, 0) is 22.3 Å². The highest BCUT2D eigenvalue weighted by Gasteiger charge is 2.66. The Balaban J connectivity index is 2.08. The van der Waals surface area contributed by atoms with Crippen LogP contribution in [0.3, 0.4) is 0 Å². The monoisotopic (exact) mass is 330 g/mol. The Morgan fingerprint density at radius 1 is 0.520 bits per heavy atom. The molecule has 0 aromatic heterocycles. The van der Waals surface area contributed by atoms with Crippen LogP contribution in [0.15, 0.2) is 84.9 Å². The van der Waals surface area contributed by atoms with Crippen LogP contribution in [0.2, 0.25) is 0 Å². The van der Waals surface area contributed by atoms with Crippen molar-refractivity contribution >= 4 is 0 Å². The first-order chi connectivity index (χ1) is 11.9. The number of benzene rings is 3. The third kappa shape index (κ3) is 1.87. The maximum absolute atomic E-state index is 12.0. The van der Waals surface area contributed by atoms with Gasteiger partial charge in [-0.25, -0.2) is 0 Å². The Labute approximate surface area is 148 Å². The normalized spacial score (nSPS) is 27.0. The van der Waals surface area contributed by atoms with Gasteiger partial charge in [0.25, 0.3) is 0 Å². The van der Waals surface area contributed by atoms with Crippen molar-refractivity contribution in [3.05, 3.63) is 107 Å². The van der Waals surface area contributed by atoms with Gasteiger partial charge in [-0.3, -0.25) is 0 Å². The van der Waals surface area contributed by atoms with Crippen molar-refractivity contribution in [1.82, 2.24) is 0 Å². The van der Waals surface area contributed by atoms with Gasteiger partial charge in [0.15, 0.2) is 0 Å². The molecule has 2 nitrogen and oxygen atoms in total. The van der Waals surface area contributed by atoms with Gasteiger partial charge in [-0.1, -0.05) is 98.8 Å². The van der Waals surface area contributed by atoms with Crippen LogP contribution in [0.5, 0.6) is 0 Å². The largest absolute Gasteiger partial charge is 0.380 e. The Hall–Kier alpha value is -2.42. The molecule has 2 unspecified atom stereocenters. The summed E-state index contributed by atoms with van der Waals surface area (Å²) in [4.78, 5) is 0. The predicted molar refractivity (Wildman–Crippen MR) is 99.1 cm³/mol. The minimum Gasteiger partial charge on any atom is -0.380 e. The number of rotatable bonds is 2. The van der Waals surface area contributed by atoms with Gasteiger partial charge < -0.3 is 10.2 Å². The van der Waals surface area contributed by atoms with E-state index in [4.69, 9.17) is 0 Å². The van der Waals surface area contributed by atoms with Gasteiger partial charge >= 0.3 is 0 Å². The second kappa shape index (κ2) is 5.29. The van der Waals surface area contributed by atoms with Crippen molar-refractivity contribution in [2.45, 2.75) is 25.0 Å². The first kappa shape index (κ1) is 16.1. The highest BCUT2D eigenvalue weighted by atomic mass is 16.3. The minimum absolute atomic E-state index is 0.762. The topological polar surface area (TPSA) is 40.5 Å². The van der Waals surface area contributed by atoms with Crippen molar-refractivity contribution in [2.75, 3.05) is 0 Å². The fourth-order valence-corrected chi connectivity index (χ4v) is 4.44. The summed E-state index contributed by atoms with van der Waals surface area (Å²) in [5.74, 6) is 0. The third-order valence-corrected chi connectivity index (χ3v) is 5.90. The van der Waals surface area contributed by atoms with E-state index in [0.29, 0.717) is 0 Å². The molecule has 0 aliphatic heterocycles. The van der Waals surface area contributed by atoms with Gasteiger partial charge in [0.05, 0.1) is 0 Å². The summed E-state index contributed by atoms with van der Waals surface area (Å²) in [6, 6.07) is 26.9. The molecule has 25 heavy (non-hydrogen) atoms. The molecule has 2 heteroatoms. The lowest BCUT2D eigenvalue weighted by atomic mass is 9.63. The zero-order chi connectivity index (χ0) is 17.7. The molecular weight excluding hydrogens is 308 g/mol. The molecule has 0 radical (unpaired) electrons. The van der Waals surface area contributed by atoms with Crippen LogP contribution in [-0.2, 0) is 11.2 Å². The Morgan fingerprint density at radius 2 is 0.840 bits per heavy atom. The molecule has 0 saturated carbocycles. The highest BCUT2D eigenvalue weighted by Crippen LogP contribution is 2.64. The molecule has 3 aromatic rings.